The number of fused-ring (bicyclic) bond motifs is 1. The molecule has 0 radical (unpaired) electrons. The molecule has 1 aliphatic carbocycles. The monoisotopic (exact) mass is 411 g/mol. The van der Waals surface area contributed by atoms with Gasteiger partial charge in [-0.3, -0.25) is 9.59 Å². The highest BCUT2D eigenvalue weighted by atomic mass is 19.4. The van der Waals surface area contributed by atoms with Gasteiger partial charge in [0.05, 0.1) is 22.7 Å². The van der Waals surface area contributed by atoms with Gasteiger partial charge in [-0.15, -0.1) is 0 Å². The van der Waals surface area contributed by atoms with Gasteiger partial charge >= 0.3 is 6.18 Å². The smallest absolute Gasteiger partial charge is 0.393 e. The number of hydrogen-bond donors (Lipinski definition) is 2. The molecule has 1 aromatic heterocycles. The van der Waals surface area contributed by atoms with Gasteiger partial charge in [0.1, 0.15) is 6.54 Å². The fourth-order valence-corrected chi connectivity index (χ4v) is 3.65. The van der Waals surface area contributed by atoms with Gasteiger partial charge in [0.2, 0.25) is 5.91 Å². The molecule has 0 bridgehead atoms. The Morgan fingerprint density at radius 2 is 1.90 bits per heavy atom. The maximum absolute atomic E-state index is 13.1. The summed E-state index contributed by atoms with van der Waals surface area (Å²) in [5.41, 5.74) is -1.12. The number of hydrogen-bond acceptors (Lipinski definition) is 4. The van der Waals surface area contributed by atoms with E-state index in [-0.39, 0.29) is 41.3 Å². The molecular formula is C20H24F3N3O3. The number of nitrogens with zero attached hydrogens (tertiary/aromatic N) is 2. The molecule has 2 N–H and O–H groups in total. The van der Waals surface area contributed by atoms with Crippen LogP contribution in [0.4, 0.5) is 13.2 Å². The number of carbonyl (C=O) groups is 1. The minimum atomic E-state index is -4.52. The number of aliphatic hydroxyl groups excluding tert-OH is 1. The molecule has 0 atom stereocenters. The zero-order valence-corrected chi connectivity index (χ0v) is 16.3. The van der Waals surface area contributed by atoms with Crippen molar-refractivity contribution in [3.63, 3.8) is 0 Å². The van der Waals surface area contributed by atoms with E-state index in [1.165, 1.54) is 0 Å². The SMILES string of the molecule is CC(C)c1nn(CC(=O)NC2CCC(O)CC2)c(=O)c2ccc(C(F)(F)F)cc12. The lowest BCUT2D eigenvalue weighted by atomic mass is 9.93. The van der Waals surface area contributed by atoms with Gasteiger partial charge < -0.3 is 10.4 Å². The van der Waals surface area contributed by atoms with Crippen molar-refractivity contribution in [2.75, 3.05) is 0 Å². The summed E-state index contributed by atoms with van der Waals surface area (Å²) in [5.74, 6) is -0.627. The van der Waals surface area contributed by atoms with Gasteiger partial charge in [-0.2, -0.15) is 18.3 Å². The fraction of sp³-hybridized carbons (Fsp3) is 0.550. The first kappa shape index (κ1) is 21.3. The van der Waals surface area contributed by atoms with Gasteiger partial charge in [-0.05, 0) is 49.8 Å². The molecule has 0 unspecified atom stereocenters. The van der Waals surface area contributed by atoms with Gasteiger partial charge in [-0.25, -0.2) is 4.68 Å². The Morgan fingerprint density at radius 3 is 2.48 bits per heavy atom. The predicted octanol–water partition coefficient (Wildman–Crippen LogP) is 2.96. The molecular weight excluding hydrogens is 387 g/mol. The van der Waals surface area contributed by atoms with E-state index in [1.807, 2.05) is 0 Å². The van der Waals surface area contributed by atoms with Gasteiger partial charge in [0.25, 0.3) is 5.56 Å². The Labute approximate surface area is 165 Å². The lowest BCUT2D eigenvalue weighted by molar-refractivity contribution is -0.137. The lowest BCUT2D eigenvalue weighted by Gasteiger charge is -2.26. The van der Waals surface area contributed by atoms with E-state index in [9.17, 15) is 27.9 Å². The Balaban J connectivity index is 1.91. The van der Waals surface area contributed by atoms with Crippen LogP contribution in [0, 0.1) is 0 Å². The third-order valence-corrected chi connectivity index (χ3v) is 5.22. The summed E-state index contributed by atoms with van der Waals surface area (Å²) in [6, 6.07) is 2.88. The molecule has 1 aliphatic rings. The Hall–Kier alpha value is -2.42. The summed E-state index contributed by atoms with van der Waals surface area (Å²) in [7, 11) is 0. The van der Waals surface area contributed by atoms with Crippen molar-refractivity contribution in [1.29, 1.82) is 0 Å². The molecule has 0 aliphatic heterocycles. The first-order valence-electron chi connectivity index (χ1n) is 9.65. The van der Waals surface area contributed by atoms with Crippen LogP contribution >= 0.6 is 0 Å². The quantitative estimate of drug-likeness (QED) is 0.810. The van der Waals surface area contributed by atoms with Crippen LogP contribution in [-0.4, -0.2) is 32.9 Å². The summed E-state index contributed by atoms with van der Waals surface area (Å²) >= 11 is 0. The number of nitrogens with one attached hydrogen (secondary N) is 1. The second-order valence-corrected chi connectivity index (χ2v) is 7.83. The molecule has 1 aromatic carbocycles. The molecule has 1 heterocycles. The molecule has 6 nitrogen and oxygen atoms in total. The van der Waals surface area contributed by atoms with Gasteiger partial charge in [0.15, 0.2) is 0 Å². The van der Waals surface area contributed by atoms with Crippen molar-refractivity contribution >= 4 is 16.7 Å². The van der Waals surface area contributed by atoms with Crippen molar-refractivity contribution in [3.8, 4) is 0 Å². The third kappa shape index (κ3) is 4.77. The van der Waals surface area contributed by atoms with Crippen LogP contribution < -0.4 is 10.9 Å². The van der Waals surface area contributed by atoms with E-state index in [0.717, 1.165) is 22.9 Å². The van der Waals surface area contributed by atoms with Crippen LogP contribution in [0.25, 0.3) is 10.8 Å². The average molecular weight is 411 g/mol. The Morgan fingerprint density at radius 1 is 1.24 bits per heavy atom. The van der Waals surface area contributed by atoms with Crippen molar-refractivity contribution < 1.29 is 23.1 Å². The molecule has 1 fully saturated rings. The number of halogens is 3. The standard InChI is InChI=1S/C20H24F3N3O3/c1-11(2)18-16-9-12(20(21,22)23)3-8-15(16)19(29)26(25-18)10-17(28)24-13-4-6-14(27)7-5-13/h3,8-9,11,13-14,27H,4-7,10H2,1-2H3,(H,24,28). The van der Waals surface area contributed by atoms with E-state index in [0.29, 0.717) is 31.4 Å². The normalized spacial score (nSPS) is 20.2. The molecule has 3 rings (SSSR count). The van der Waals surface area contributed by atoms with Crippen LogP contribution in [0.1, 0.15) is 56.7 Å². The number of amides is 1. The van der Waals surface area contributed by atoms with Crippen LogP contribution in [0.15, 0.2) is 23.0 Å². The maximum atomic E-state index is 13.1. The minimum Gasteiger partial charge on any atom is -0.393 e. The zero-order valence-electron chi connectivity index (χ0n) is 16.3. The van der Waals surface area contributed by atoms with Crippen LogP contribution in [0.3, 0.4) is 0 Å². The number of aliphatic hydroxyl groups is 1. The highest BCUT2D eigenvalue weighted by Crippen LogP contribution is 2.32. The molecule has 2 aromatic rings. The van der Waals surface area contributed by atoms with Crippen molar-refractivity contribution in [2.24, 2.45) is 0 Å². The first-order chi connectivity index (χ1) is 13.6. The van der Waals surface area contributed by atoms with Crippen LogP contribution in [0.5, 0.6) is 0 Å². The van der Waals surface area contributed by atoms with Crippen molar-refractivity contribution in [1.82, 2.24) is 15.1 Å². The van der Waals surface area contributed by atoms with Crippen molar-refractivity contribution in [3.05, 3.63) is 39.8 Å². The highest BCUT2D eigenvalue weighted by Gasteiger charge is 2.31. The Bertz CT molecular complexity index is 961. The molecule has 1 amide bonds. The average Bonchev–Trinajstić information content (AvgIpc) is 2.64. The minimum absolute atomic E-state index is 0.0685. The van der Waals surface area contributed by atoms with Crippen LogP contribution in [0.2, 0.25) is 0 Å². The number of carbonyl (C=O) groups excluding carboxylic acids is 1. The van der Waals surface area contributed by atoms with Gasteiger partial charge in [-0.1, -0.05) is 13.8 Å². The second-order valence-electron chi connectivity index (χ2n) is 7.83. The number of alkyl halides is 3. The van der Waals surface area contributed by atoms with E-state index in [1.54, 1.807) is 13.8 Å². The molecule has 9 heteroatoms. The van der Waals surface area contributed by atoms with Crippen LogP contribution in [-0.2, 0) is 17.5 Å². The topological polar surface area (TPSA) is 84.2 Å². The second kappa shape index (κ2) is 8.14. The number of benzene rings is 1. The first-order valence-corrected chi connectivity index (χ1v) is 9.65. The molecule has 0 spiro atoms. The zero-order chi connectivity index (χ0) is 21.3. The third-order valence-electron chi connectivity index (χ3n) is 5.22. The number of rotatable bonds is 4. The fourth-order valence-electron chi connectivity index (χ4n) is 3.65. The van der Waals surface area contributed by atoms with Crippen molar-refractivity contribution in [2.45, 2.75) is 70.3 Å². The molecule has 158 valence electrons. The summed E-state index contributed by atoms with van der Waals surface area (Å²) in [6.45, 7) is 3.23. The lowest BCUT2D eigenvalue weighted by Crippen LogP contribution is -2.42. The van der Waals surface area contributed by atoms with E-state index in [2.05, 4.69) is 10.4 Å². The largest absolute Gasteiger partial charge is 0.416 e. The summed E-state index contributed by atoms with van der Waals surface area (Å²) in [5, 5.41) is 16.8. The van der Waals surface area contributed by atoms with Gasteiger partial charge in [0, 0.05) is 11.4 Å². The Kier molecular flexibility index (Phi) is 5.97. The van der Waals surface area contributed by atoms with E-state index >= 15 is 0 Å². The summed E-state index contributed by atoms with van der Waals surface area (Å²) in [6.07, 6.45) is -2.33. The summed E-state index contributed by atoms with van der Waals surface area (Å²) < 4.78 is 40.2. The predicted molar refractivity (Wildman–Crippen MR) is 101 cm³/mol. The van der Waals surface area contributed by atoms with E-state index < -0.39 is 17.3 Å². The molecule has 29 heavy (non-hydrogen) atoms. The molecule has 0 saturated heterocycles. The maximum Gasteiger partial charge on any atom is 0.416 e. The number of aromatic nitrogens is 2. The van der Waals surface area contributed by atoms with E-state index in [4.69, 9.17) is 0 Å². The molecule has 1 saturated carbocycles. The highest BCUT2D eigenvalue weighted by molar-refractivity contribution is 5.85. The summed E-state index contributed by atoms with van der Waals surface area (Å²) in [4.78, 5) is 25.1.